The topological polar surface area (TPSA) is 170 Å². The van der Waals surface area contributed by atoms with Gasteiger partial charge in [-0.1, -0.05) is 27.7 Å². The van der Waals surface area contributed by atoms with Crippen LogP contribution >= 0.6 is 0 Å². The fraction of sp³-hybridized carbons (Fsp3) is 0.947. The number of hydrogen-bond donors (Lipinski definition) is 5. The number of aliphatic hydroxyl groups excluding tert-OH is 2. The van der Waals surface area contributed by atoms with Crippen LogP contribution in [0.3, 0.4) is 0 Å². The van der Waals surface area contributed by atoms with Crippen molar-refractivity contribution in [2.45, 2.75) is 161 Å². The Hall–Kier alpha value is -1.26. The third kappa shape index (κ3) is 15.2. The van der Waals surface area contributed by atoms with Gasteiger partial charge in [0.1, 0.15) is 18.0 Å². The summed E-state index contributed by atoms with van der Waals surface area (Å²) in [7, 11) is 5.57. The fourth-order valence-electron chi connectivity index (χ4n) is 7.72. The van der Waals surface area contributed by atoms with Gasteiger partial charge >= 0.3 is 5.97 Å². The largest absolute Gasteiger partial charge is 0.466 e. The number of carbonyl (C=O) groups is 2. The van der Waals surface area contributed by atoms with Crippen molar-refractivity contribution in [2.24, 2.45) is 17.8 Å². The average molecular weight is 734 g/mol. The van der Waals surface area contributed by atoms with E-state index < -0.39 is 59.8 Å². The monoisotopic (exact) mass is 734 g/mol. The summed E-state index contributed by atoms with van der Waals surface area (Å²) in [5.41, 5.74) is -2.95. The Kier molecular flexibility index (Phi) is 21.4. The summed E-state index contributed by atoms with van der Waals surface area (Å²) >= 11 is 0. The van der Waals surface area contributed by atoms with Crippen molar-refractivity contribution >= 4 is 12.3 Å². The van der Waals surface area contributed by atoms with Crippen molar-refractivity contribution < 1.29 is 49.0 Å². The summed E-state index contributed by atoms with van der Waals surface area (Å²) in [5, 5.41) is 49.6. The van der Waals surface area contributed by atoms with Gasteiger partial charge in [-0.15, -0.1) is 0 Å². The number of aliphatic hydroxyl groups is 4. The summed E-state index contributed by atoms with van der Waals surface area (Å²) in [4.78, 5) is 27.7. The molecule has 0 aliphatic carbocycles. The molecule has 0 radical (unpaired) electrons. The zero-order chi connectivity index (χ0) is 39.1. The summed E-state index contributed by atoms with van der Waals surface area (Å²) < 4.78 is 23.3. The van der Waals surface area contributed by atoms with Crippen LogP contribution in [0.5, 0.6) is 0 Å². The van der Waals surface area contributed by atoms with E-state index in [1.54, 1.807) is 34.6 Å². The van der Waals surface area contributed by atoms with Crippen molar-refractivity contribution in [1.29, 1.82) is 0 Å². The van der Waals surface area contributed by atoms with E-state index >= 15 is 0 Å². The van der Waals surface area contributed by atoms with E-state index in [0.717, 1.165) is 6.42 Å². The van der Waals surface area contributed by atoms with Gasteiger partial charge in [-0.3, -0.25) is 9.69 Å². The first kappa shape index (κ1) is 47.8. The number of esters is 1. The minimum absolute atomic E-state index is 0.0569. The van der Waals surface area contributed by atoms with Crippen LogP contribution in [-0.4, -0.2) is 157 Å². The maximum absolute atomic E-state index is 12.2. The zero-order valence-electron chi connectivity index (χ0n) is 33.8. The highest BCUT2D eigenvalue weighted by Crippen LogP contribution is 2.35. The molecule has 0 amide bonds. The van der Waals surface area contributed by atoms with E-state index in [4.69, 9.17) is 18.9 Å². The van der Waals surface area contributed by atoms with E-state index in [2.05, 4.69) is 15.1 Å². The van der Waals surface area contributed by atoms with Crippen LogP contribution in [-0.2, 0) is 28.5 Å². The molecule has 1 rings (SSSR count). The third-order valence-electron chi connectivity index (χ3n) is 10.7. The minimum Gasteiger partial charge on any atom is -0.466 e. The van der Waals surface area contributed by atoms with Crippen molar-refractivity contribution in [3.8, 4) is 0 Å². The fourth-order valence-corrected chi connectivity index (χ4v) is 7.72. The van der Waals surface area contributed by atoms with Crippen molar-refractivity contribution in [3.63, 3.8) is 0 Å². The number of hydrogen-bond acceptors (Lipinski definition) is 13. The number of nitrogens with one attached hydrogen (secondary N) is 1. The van der Waals surface area contributed by atoms with Crippen LogP contribution in [0.1, 0.15) is 101 Å². The zero-order valence-corrected chi connectivity index (χ0v) is 33.8. The lowest BCUT2D eigenvalue weighted by atomic mass is 9.78. The Morgan fingerprint density at radius 1 is 1.08 bits per heavy atom. The number of ether oxygens (including phenoxy) is 4. The SMILES string of the molecule is CCOC(=O)CCNCCCN(C[C@H](C)C[C@@](C)(O)[C@H](OC1CC(N(C)C)CC(C)O1)[C@@H](C)[C@H](O)C(C)C=O)C(C)C(O)[C@](C)(O)[C@@H](CC)OC. The molecule has 0 saturated carbocycles. The Bertz CT molecular complexity index is 982. The first-order valence-corrected chi connectivity index (χ1v) is 19.1. The molecule has 1 heterocycles. The quantitative estimate of drug-likeness (QED) is 0.0500. The predicted molar refractivity (Wildman–Crippen MR) is 198 cm³/mol. The van der Waals surface area contributed by atoms with Gasteiger partial charge in [-0.2, -0.15) is 0 Å². The molecular formula is C38H75N3O10. The highest BCUT2D eigenvalue weighted by molar-refractivity contribution is 5.69. The first-order valence-electron chi connectivity index (χ1n) is 19.1. The number of rotatable bonds is 26. The van der Waals surface area contributed by atoms with Crippen LogP contribution in [0.4, 0.5) is 0 Å². The van der Waals surface area contributed by atoms with E-state index in [1.165, 1.54) is 7.11 Å². The van der Waals surface area contributed by atoms with Gasteiger partial charge < -0.3 is 54.4 Å². The second-order valence-corrected chi connectivity index (χ2v) is 15.7. The molecule has 0 aromatic heterocycles. The number of carbonyl (C=O) groups excluding carboxylic acids is 2. The van der Waals surface area contributed by atoms with Gasteiger partial charge in [0.2, 0.25) is 0 Å². The van der Waals surface area contributed by atoms with Crippen LogP contribution in [0, 0.1) is 17.8 Å². The number of aldehydes is 1. The van der Waals surface area contributed by atoms with Gasteiger partial charge in [-0.25, -0.2) is 0 Å². The molecule has 0 aromatic carbocycles. The van der Waals surface area contributed by atoms with Gasteiger partial charge in [0, 0.05) is 50.5 Å². The molecule has 51 heavy (non-hydrogen) atoms. The molecule has 6 unspecified atom stereocenters. The van der Waals surface area contributed by atoms with Crippen molar-refractivity contribution in [3.05, 3.63) is 0 Å². The normalized spacial score (nSPS) is 25.6. The van der Waals surface area contributed by atoms with E-state index in [-0.39, 0.29) is 36.9 Å². The second kappa shape index (κ2) is 22.8. The highest BCUT2D eigenvalue weighted by Gasteiger charge is 2.46. The Morgan fingerprint density at radius 3 is 2.27 bits per heavy atom. The third-order valence-corrected chi connectivity index (χ3v) is 10.7. The first-order chi connectivity index (χ1) is 23.8. The molecule has 5 N–H and O–H groups in total. The lowest BCUT2D eigenvalue weighted by Crippen LogP contribution is -2.59. The van der Waals surface area contributed by atoms with Gasteiger partial charge in [-0.05, 0) is 93.4 Å². The number of methoxy groups -OCH3 is 1. The maximum atomic E-state index is 12.2. The standard InChI is InChI=1S/C38H75N3O10/c1-13-31(48-12)38(9,47)35(45)29(7)41(19-15-17-39-18-16-32(43)49-14-2)23-25(3)22-37(8,46)36(28(6)34(44)26(4)24-42)51-33-21-30(40(10)11)20-27(5)50-33/h24-31,33-36,39,44-47H,13-23H2,1-12H3/t25-,26?,27?,28+,29?,30?,31-,33?,34-,35?,36-,37-,38-/m1/s1. The summed E-state index contributed by atoms with van der Waals surface area (Å²) in [6, 6.07) is -0.251. The molecule has 13 heteroatoms. The Labute approximate surface area is 308 Å². The molecular weight excluding hydrogens is 658 g/mol. The van der Waals surface area contributed by atoms with E-state index in [9.17, 15) is 30.0 Å². The van der Waals surface area contributed by atoms with Crippen LogP contribution in [0.2, 0.25) is 0 Å². The van der Waals surface area contributed by atoms with Crippen molar-refractivity contribution in [1.82, 2.24) is 15.1 Å². The smallest absolute Gasteiger partial charge is 0.307 e. The molecule has 1 fully saturated rings. The minimum atomic E-state index is -1.52. The average Bonchev–Trinajstić information content (AvgIpc) is 3.06. The van der Waals surface area contributed by atoms with Crippen LogP contribution < -0.4 is 5.32 Å². The summed E-state index contributed by atoms with van der Waals surface area (Å²) in [5.74, 6) is -1.63. The highest BCUT2D eigenvalue weighted by atomic mass is 16.7. The van der Waals surface area contributed by atoms with E-state index in [0.29, 0.717) is 58.3 Å². The predicted octanol–water partition coefficient (Wildman–Crippen LogP) is 2.60. The molecule has 0 aromatic rings. The summed E-state index contributed by atoms with van der Waals surface area (Å²) in [6.07, 6.45) is -0.328. The number of nitrogens with zero attached hydrogens (tertiary/aromatic N) is 2. The molecule has 1 saturated heterocycles. The molecule has 0 bridgehead atoms. The second-order valence-electron chi connectivity index (χ2n) is 15.7. The van der Waals surface area contributed by atoms with Gasteiger partial charge in [0.15, 0.2) is 6.29 Å². The molecule has 302 valence electrons. The van der Waals surface area contributed by atoms with Gasteiger partial charge in [0.05, 0.1) is 43.0 Å². The van der Waals surface area contributed by atoms with Crippen LogP contribution in [0.15, 0.2) is 0 Å². The molecule has 1 aliphatic heterocycles. The van der Waals surface area contributed by atoms with Crippen molar-refractivity contribution in [2.75, 3.05) is 54.0 Å². The molecule has 13 nitrogen and oxygen atoms in total. The van der Waals surface area contributed by atoms with Crippen LogP contribution in [0.25, 0.3) is 0 Å². The molecule has 0 spiro atoms. The van der Waals surface area contributed by atoms with Gasteiger partial charge in [0.25, 0.3) is 0 Å². The Morgan fingerprint density at radius 2 is 1.73 bits per heavy atom. The molecule has 13 atom stereocenters. The summed E-state index contributed by atoms with van der Waals surface area (Å²) in [6.45, 7) is 18.9. The lowest BCUT2D eigenvalue weighted by Gasteiger charge is -2.45. The maximum Gasteiger partial charge on any atom is 0.307 e. The lowest BCUT2D eigenvalue weighted by molar-refractivity contribution is -0.266. The molecule has 1 aliphatic rings. The van der Waals surface area contributed by atoms with E-state index in [1.807, 2.05) is 41.8 Å². The Balaban J connectivity index is 3.26.